The summed E-state index contributed by atoms with van der Waals surface area (Å²) in [6.07, 6.45) is 2.13. The van der Waals surface area contributed by atoms with Crippen LogP contribution in [0.15, 0.2) is 4.52 Å². The molecule has 2 unspecified atom stereocenters. The Morgan fingerprint density at radius 2 is 2.18 bits per heavy atom. The minimum atomic E-state index is -0.691. The molecule has 5 nitrogen and oxygen atoms in total. The van der Waals surface area contributed by atoms with Crippen molar-refractivity contribution in [2.75, 3.05) is 13.2 Å². The normalized spacial score (nSPS) is 16.8. The highest BCUT2D eigenvalue weighted by Gasteiger charge is 2.28. The van der Waals surface area contributed by atoms with E-state index in [0.717, 1.165) is 12.8 Å². The number of hydrogen-bond acceptors (Lipinski definition) is 5. The van der Waals surface area contributed by atoms with Crippen LogP contribution in [0.3, 0.4) is 0 Å². The number of nitrogens with two attached hydrogens (primary N) is 1. The summed E-state index contributed by atoms with van der Waals surface area (Å²) >= 11 is 0. The average molecular weight is 241 g/mol. The van der Waals surface area contributed by atoms with Crippen molar-refractivity contribution in [3.63, 3.8) is 0 Å². The van der Waals surface area contributed by atoms with E-state index in [-0.39, 0.29) is 5.92 Å². The number of hydrogen-bond donors (Lipinski definition) is 1. The van der Waals surface area contributed by atoms with E-state index < -0.39 is 5.54 Å². The molecule has 2 N–H and O–H groups in total. The summed E-state index contributed by atoms with van der Waals surface area (Å²) in [4.78, 5) is 4.37. The van der Waals surface area contributed by atoms with E-state index in [1.807, 2.05) is 13.8 Å². The summed E-state index contributed by atoms with van der Waals surface area (Å²) in [5.74, 6) is 1.46. The van der Waals surface area contributed by atoms with Crippen LogP contribution in [-0.2, 0) is 10.3 Å². The predicted octanol–water partition coefficient (Wildman–Crippen LogP) is 2.18. The first-order valence-electron chi connectivity index (χ1n) is 6.22. The van der Waals surface area contributed by atoms with Crippen LogP contribution in [0.2, 0.25) is 0 Å². The Kier molecular flexibility index (Phi) is 5.08. The fourth-order valence-corrected chi connectivity index (χ4v) is 1.60. The predicted molar refractivity (Wildman–Crippen MR) is 65.7 cm³/mol. The molecule has 2 atom stereocenters. The Balaban J connectivity index is 2.72. The molecule has 0 amide bonds. The molecule has 0 saturated heterocycles. The molecular weight excluding hydrogens is 218 g/mol. The fourth-order valence-electron chi connectivity index (χ4n) is 1.60. The van der Waals surface area contributed by atoms with Gasteiger partial charge in [0.15, 0.2) is 5.82 Å². The van der Waals surface area contributed by atoms with E-state index in [4.69, 9.17) is 15.0 Å². The quantitative estimate of drug-likeness (QED) is 0.792. The highest BCUT2D eigenvalue weighted by molar-refractivity contribution is 5.03. The Labute approximate surface area is 103 Å². The minimum absolute atomic E-state index is 0.282. The van der Waals surface area contributed by atoms with Gasteiger partial charge in [0.25, 0.3) is 0 Å². The van der Waals surface area contributed by atoms with E-state index >= 15 is 0 Å². The first-order valence-corrected chi connectivity index (χ1v) is 6.22. The number of aromatic nitrogens is 2. The van der Waals surface area contributed by atoms with Crippen molar-refractivity contribution in [2.24, 2.45) is 5.73 Å². The Bertz CT molecular complexity index is 336. The highest BCUT2D eigenvalue weighted by Crippen LogP contribution is 2.21. The van der Waals surface area contributed by atoms with Crippen LogP contribution in [0, 0.1) is 0 Å². The van der Waals surface area contributed by atoms with Gasteiger partial charge in [-0.2, -0.15) is 4.98 Å². The third-order valence-corrected chi connectivity index (χ3v) is 2.70. The van der Waals surface area contributed by atoms with Crippen molar-refractivity contribution >= 4 is 0 Å². The van der Waals surface area contributed by atoms with Gasteiger partial charge in [-0.1, -0.05) is 25.4 Å². The lowest BCUT2D eigenvalue weighted by Gasteiger charge is -2.19. The number of nitrogens with zero attached hydrogens (tertiary/aromatic N) is 2. The van der Waals surface area contributed by atoms with Crippen molar-refractivity contribution < 1.29 is 9.26 Å². The second-order valence-corrected chi connectivity index (χ2v) is 4.70. The molecule has 1 aromatic heterocycles. The van der Waals surface area contributed by atoms with Crippen LogP contribution in [-0.4, -0.2) is 23.4 Å². The SMILES string of the molecule is CCCC(C)c1nc(C(C)(N)COCC)no1. The van der Waals surface area contributed by atoms with Gasteiger partial charge in [-0.3, -0.25) is 0 Å². The molecule has 98 valence electrons. The highest BCUT2D eigenvalue weighted by atomic mass is 16.5. The third kappa shape index (κ3) is 3.78. The smallest absolute Gasteiger partial charge is 0.229 e. The van der Waals surface area contributed by atoms with Crippen LogP contribution in [0.5, 0.6) is 0 Å². The first-order chi connectivity index (χ1) is 8.01. The van der Waals surface area contributed by atoms with Gasteiger partial charge >= 0.3 is 0 Å². The minimum Gasteiger partial charge on any atom is -0.379 e. The zero-order chi connectivity index (χ0) is 12.9. The van der Waals surface area contributed by atoms with E-state index in [2.05, 4.69) is 24.0 Å². The van der Waals surface area contributed by atoms with Gasteiger partial charge in [0.2, 0.25) is 5.89 Å². The van der Waals surface area contributed by atoms with E-state index in [1.54, 1.807) is 0 Å². The van der Waals surface area contributed by atoms with Crippen LogP contribution in [0.25, 0.3) is 0 Å². The van der Waals surface area contributed by atoms with Gasteiger partial charge in [0.05, 0.1) is 6.61 Å². The van der Waals surface area contributed by atoms with Gasteiger partial charge in [-0.15, -0.1) is 0 Å². The Hall–Kier alpha value is -0.940. The van der Waals surface area contributed by atoms with Crippen molar-refractivity contribution in [3.05, 3.63) is 11.7 Å². The molecule has 5 heteroatoms. The second-order valence-electron chi connectivity index (χ2n) is 4.70. The van der Waals surface area contributed by atoms with Gasteiger partial charge in [-0.05, 0) is 20.3 Å². The molecular formula is C12H23N3O2. The molecule has 0 aliphatic heterocycles. The maximum Gasteiger partial charge on any atom is 0.229 e. The Morgan fingerprint density at radius 1 is 1.47 bits per heavy atom. The zero-order valence-electron chi connectivity index (χ0n) is 11.2. The van der Waals surface area contributed by atoms with E-state index in [1.165, 1.54) is 0 Å². The molecule has 0 aliphatic rings. The average Bonchev–Trinajstić information content (AvgIpc) is 2.77. The van der Waals surface area contributed by atoms with E-state index in [0.29, 0.717) is 24.9 Å². The van der Waals surface area contributed by atoms with Crippen LogP contribution in [0.4, 0.5) is 0 Å². The molecule has 0 aromatic carbocycles. The van der Waals surface area contributed by atoms with Crippen LogP contribution in [0.1, 0.15) is 58.2 Å². The lowest BCUT2D eigenvalue weighted by Crippen LogP contribution is -2.39. The monoisotopic (exact) mass is 241 g/mol. The second kappa shape index (κ2) is 6.12. The number of rotatable bonds is 7. The topological polar surface area (TPSA) is 74.2 Å². The van der Waals surface area contributed by atoms with Crippen LogP contribution >= 0.6 is 0 Å². The molecule has 0 saturated carbocycles. The van der Waals surface area contributed by atoms with E-state index in [9.17, 15) is 0 Å². The summed E-state index contributed by atoms with van der Waals surface area (Å²) in [7, 11) is 0. The lowest BCUT2D eigenvalue weighted by atomic mass is 10.0. The molecule has 1 rings (SSSR count). The third-order valence-electron chi connectivity index (χ3n) is 2.70. The van der Waals surface area contributed by atoms with Crippen LogP contribution < -0.4 is 5.73 Å². The maximum absolute atomic E-state index is 6.10. The molecule has 1 heterocycles. The summed E-state index contributed by atoms with van der Waals surface area (Å²) in [5, 5.41) is 3.95. The Morgan fingerprint density at radius 3 is 2.76 bits per heavy atom. The molecule has 0 bridgehead atoms. The molecule has 1 aromatic rings. The standard InChI is InChI=1S/C12H23N3O2/c1-5-7-9(3)10-14-11(15-17-10)12(4,13)8-16-6-2/h9H,5-8,13H2,1-4H3. The van der Waals surface area contributed by atoms with Crippen molar-refractivity contribution in [3.8, 4) is 0 Å². The molecule has 0 spiro atoms. The van der Waals surface area contributed by atoms with Gasteiger partial charge < -0.3 is 15.0 Å². The zero-order valence-corrected chi connectivity index (χ0v) is 11.2. The molecule has 17 heavy (non-hydrogen) atoms. The first kappa shape index (κ1) is 14.1. The van der Waals surface area contributed by atoms with Crippen molar-refractivity contribution in [1.29, 1.82) is 0 Å². The largest absolute Gasteiger partial charge is 0.379 e. The van der Waals surface area contributed by atoms with Gasteiger partial charge in [-0.25, -0.2) is 0 Å². The summed E-state index contributed by atoms with van der Waals surface area (Å²) in [6, 6.07) is 0. The lowest BCUT2D eigenvalue weighted by molar-refractivity contribution is 0.0962. The summed E-state index contributed by atoms with van der Waals surface area (Å²) in [6.45, 7) is 9.02. The number of ether oxygens (including phenoxy) is 1. The fraction of sp³-hybridized carbons (Fsp3) is 0.833. The van der Waals surface area contributed by atoms with Gasteiger partial charge in [0, 0.05) is 12.5 Å². The van der Waals surface area contributed by atoms with Crippen molar-refractivity contribution in [1.82, 2.24) is 10.1 Å². The van der Waals surface area contributed by atoms with Gasteiger partial charge in [0.1, 0.15) is 5.54 Å². The maximum atomic E-state index is 6.10. The molecule has 0 aliphatic carbocycles. The molecule has 0 fully saturated rings. The summed E-state index contributed by atoms with van der Waals surface area (Å²) < 4.78 is 10.6. The summed E-state index contributed by atoms with van der Waals surface area (Å²) in [5.41, 5.74) is 5.41. The molecule has 0 radical (unpaired) electrons. The van der Waals surface area contributed by atoms with Crippen molar-refractivity contribution in [2.45, 2.75) is 52.0 Å².